The van der Waals surface area contributed by atoms with E-state index in [9.17, 15) is 9.18 Å². The lowest BCUT2D eigenvalue weighted by atomic mass is 9.96. The fraction of sp³-hybridized carbons (Fsp3) is 0.375. The maximum Gasteiger partial charge on any atom is 0.193 e. The van der Waals surface area contributed by atoms with Gasteiger partial charge in [-0.2, -0.15) is 0 Å². The summed E-state index contributed by atoms with van der Waals surface area (Å²) in [6.45, 7) is 2.76. The number of aromatic nitrogens is 1. The molecule has 1 atom stereocenters. The number of nitrogens with zero attached hydrogens (tertiary/aromatic N) is 2. The predicted octanol–water partition coefficient (Wildman–Crippen LogP) is 0.461. The normalized spacial score (nSPS) is 21.3. The first-order valence-corrected chi connectivity index (χ1v) is 7.64. The molecule has 2 aliphatic rings. The van der Waals surface area contributed by atoms with Crippen LogP contribution in [0.2, 0.25) is 0 Å². The number of ketones is 1. The van der Waals surface area contributed by atoms with Gasteiger partial charge in [0.15, 0.2) is 5.78 Å². The highest BCUT2D eigenvalue weighted by Gasteiger charge is 2.29. The molecule has 0 aromatic carbocycles. The summed E-state index contributed by atoms with van der Waals surface area (Å²) in [6, 6.07) is 2.52. The zero-order chi connectivity index (χ0) is 16.2. The Kier molecular flexibility index (Phi) is 4.57. The van der Waals surface area contributed by atoms with Crippen molar-refractivity contribution in [3.8, 4) is 0 Å². The Balaban J connectivity index is 1.84. The summed E-state index contributed by atoms with van der Waals surface area (Å²) in [6.07, 6.45) is 5.04. The minimum atomic E-state index is -0.749. The lowest BCUT2D eigenvalue weighted by molar-refractivity contribution is 0.0953. The Morgan fingerprint density at radius 1 is 1.39 bits per heavy atom. The monoisotopic (exact) mass is 317 g/mol. The van der Waals surface area contributed by atoms with Crippen LogP contribution in [-0.4, -0.2) is 54.6 Å². The van der Waals surface area contributed by atoms with Crippen LogP contribution in [0.25, 0.3) is 0 Å². The van der Waals surface area contributed by atoms with Gasteiger partial charge in [0.05, 0.1) is 5.56 Å². The molecule has 4 N–H and O–H groups in total. The first kappa shape index (κ1) is 15.5. The summed E-state index contributed by atoms with van der Waals surface area (Å²) in [5.41, 5.74) is 6.50. The van der Waals surface area contributed by atoms with Crippen LogP contribution in [0.15, 0.2) is 41.9 Å². The van der Waals surface area contributed by atoms with Crippen molar-refractivity contribution in [2.75, 3.05) is 38.6 Å². The molecule has 1 saturated heterocycles. The molecule has 1 aromatic heterocycles. The molecule has 1 aromatic rings. The molecule has 0 amide bonds. The minimum Gasteiger partial charge on any atom is -0.383 e. The molecule has 2 aliphatic heterocycles. The Morgan fingerprint density at radius 3 is 2.87 bits per heavy atom. The fourth-order valence-electron chi connectivity index (χ4n) is 2.81. The largest absolute Gasteiger partial charge is 0.383 e. The molecule has 1 fully saturated rings. The van der Waals surface area contributed by atoms with Crippen LogP contribution in [0.3, 0.4) is 0 Å². The summed E-state index contributed by atoms with van der Waals surface area (Å²) in [5.74, 6) is 0.737. The zero-order valence-electron chi connectivity index (χ0n) is 12.8. The van der Waals surface area contributed by atoms with Crippen LogP contribution in [0.5, 0.6) is 0 Å². The average Bonchev–Trinajstić information content (AvgIpc) is 2.62. The number of alkyl halides is 1. The molecule has 0 aliphatic carbocycles. The topological polar surface area (TPSA) is 83.3 Å². The van der Waals surface area contributed by atoms with Gasteiger partial charge in [0.25, 0.3) is 0 Å². The number of pyridine rings is 1. The SMILES string of the molecule is Nc1ncccc1C(=O)C1NC(N2CCNCC2)=CC=C1CF. The number of piperazine rings is 1. The number of hydrogen-bond acceptors (Lipinski definition) is 6. The number of carbonyl (C=O) groups excluding carboxylic acids is 1. The van der Waals surface area contributed by atoms with E-state index in [-0.39, 0.29) is 11.6 Å². The third kappa shape index (κ3) is 3.19. The third-order valence-electron chi connectivity index (χ3n) is 4.10. The summed E-state index contributed by atoms with van der Waals surface area (Å²) in [7, 11) is 0. The van der Waals surface area contributed by atoms with Gasteiger partial charge in [-0.1, -0.05) is 6.08 Å². The first-order valence-electron chi connectivity index (χ1n) is 7.64. The van der Waals surface area contributed by atoms with Crippen molar-refractivity contribution in [3.63, 3.8) is 0 Å². The van der Waals surface area contributed by atoms with E-state index in [1.54, 1.807) is 18.2 Å². The molecule has 0 spiro atoms. The summed E-state index contributed by atoms with van der Waals surface area (Å²) >= 11 is 0. The van der Waals surface area contributed by atoms with Crippen LogP contribution in [0.1, 0.15) is 10.4 Å². The van der Waals surface area contributed by atoms with E-state index in [1.807, 2.05) is 6.08 Å². The van der Waals surface area contributed by atoms with Gasteiger partial charge in [-0.25, -0.2) is 9.37 Å². The molecule has 122 valence electrons. The summed E-state index contributed by atoms with van der Waals surface area (Å²) < 4.78 is 13.3. The van der Waals surface area contributed by atoms with Gasteiger partial charge in [-0.3, -0.25) is 4.79 Å². The summed E-state index contributed by atoms with van der Waals surface area (Å²) in [5, 5.41) is 6.44. The summed E-state index contributed by atoms with van der Waals surface area (Å²) in [4.78, 5) is 18.9. The molecule has 3 heterocycles. The van der Waals surface area contributed by atoms with E-state index >= 15 is 0 Å². The van der Waals surface area contributed by atoms with Gasteiger partial charge in [0.2, 0.25) is 0 Å². The molecule has 1 unspecified atom stereocenters. The van der Waals surface area contributed by atoms with Crippen molar-refractivity contribution in [2.24, 2.45) is 0 Å². The number of rotatable bonds is 4. The van der Waals surface area contributed by atoms with E-state index in [2.05, 4.69) is 20.5 Å². The molecule has 0 radical (unpaired) electrons. The Hall–Kier alpha value is -2.41. The van der Waals surface area contributed by atoms with Crippen LogP contribution in [0.4, 0.5) is 10.2 Å². The predicted molar refractivity (Wildman–Crippen MR) is 86.5 cm³/mol. The molecule has 7 heteroatoms. The van der Waals surface area contributed by atoms with E-state index in [1.165, 1.54) is 6.20 Å². The van der Waals surface area contributed by atoms with Gasteiger partial charge >= 0.3 is 0 Å². The Bertz CT molecular complexity index is 652. The first-order chi connectivity index (χ1) is 11.2. The number of carbonyl (C=O) groups is 1. The van der Waals surface area contributed by atoms with Crippen LogP contribution in [0, 0.1) is 0 Å². The second-order valence-corrected chi connectivity index (χ2v) is 5.54. The Morgan fingerprint density at radius 2 is 2.17 bits per heavy atom. The number of nitrogen functional groups attached to an aromatic ring is 1. The minimum absolute atomic E-state index is 0.163. The maximum absolute atomic E-state index is 13.3. The number of halogens is 1. The van der Waals surface area contributed by atoms with Crippen LogP contribution in [-0.2, 0) is 0 Å². The molecule has 23 heavy (non-hydrogen) atoms. The van der Waals surface area contributed by atoms with Crippen molar-refractivity contribution in [2.45, 2.75) is 6.04 Å². The van der Waals surface area contributed by atoms with Crippen molar-refractivity contribution >= 4 is 11.6 Å². The molecule has 0 saturated carbocycles. The van der Waals surface area contributed by atoms with Gasteiger partial charge < -0.3 is 21.3 Å². The quantitative estimate of drug-likeness (QED) is 0.700. The van der Waals surface area contributed by atoms with Gasteiger partial charge in [-0.05, 0) is 23.8 Å². The maximum atomic E-state index is 13.3. The fourth-order valence-corrected chi connectivity index (χ4v) is 2.81. The second-order valence-electron chi connectivity index (χ2n) is 5.54. The molecular weight excluding hydrogens is 297 g/mol. The number of allylic oxidation sites excluding steroid dienone is 2. The van der Waals surface area contributed by atoms with Crippen molar-refractivity contribution in [1.82, 2.24) is 20.5 Å². The van der Waals surface area contributed by atoms with Gasteiger partial charge in [0, 0.05) is 32.4 Å². The number of dihydropyridines is 1. The molecule has 0 bridgehead atoms. The molecule has 6 nitrogen and oxygen atoms in total. The van der Waals surface area contributed by atoms with Crippen molar-refractivity contribution in [1.29, 1.82) is 0 Å². The molecule has 3 rings (SSSR count). The van der Waals surface area contributed by atoms with E-state index in [4.69, 9.17) is 5.73 Å². The smallest absolute Gasteiger partial charge is 0.193 e. The number of hydrogen-bond donors (Lipinski definition) is 3. The average molecular weight is 317 g/mol. The number of anilines is 1. The van der Waals surface area contributed by atoms with Crippen LogP contribution >= 0.6 is 0 Å². The number of nitrogens with one attached hydrogen (secondary N) is 2. The van der Waals surface area contributed by atoms with E-state index in [0.717, 1.165) is 32.0 Å². The van der Waals surface area contributed by atoms with E-state index < -0.39 is 12.7 Å². The van der Waals surface area contributed by atoms with Gasteiger partial charge in [-0.15, -0.1) is 0 Å². The van der Waals surface area contributed by atoms with Crippen molar-refractivity contribution < 1.29 is 9.18 Å². The lowest BCUT2D eigenvalue weighted by Crippen LogP contribution is -2.50. The third-order valence-corrected chi connectivity index (χ3v) is 4.10. The standard InChI is InChI=1S/C16H20FN5O/c17-10-11-3-4-13(22-8-6-19-7-9-22)21-14(11)15(23)12-2-1-5-20-16(12)18/h1-5,14,19,21H,6-10H2,(H2,18,20). The highest BCUT2D eigenvalue weighted by atomic mass is 19.1. The highest BCUT2D eigenvalue weighted by Crippen LogP contribution is 2.20. The van der Waals surface area contributed by atoms with E-state index in [0.29, 0.717) is 11.1 Å². The second kappa shape index (κ2) is 6.78. The highest BCUT2D eigenvalue weighted by molar-refractivity contribution is 6.05. The number of nitrogens with two attached hydrogens (primary N) is 1. The lowest BCUT2D eigenvalue weighted by Gasteiger charge is -2.35. The number of Topliss-reactive ketones (excluding diaryl/α,β-unsaturated/α-hetero) is 1. The van der Waals surface area contributed by atoms with Gasteiger partial charge in [0.1, 0.15) is 24.4 Å². The molecular formula is C16H20FN5O. The van der Waals surface area contributed by atoms with Crippen LogP contribution < -0.4 is 16.4 Å². The Labute approximate surface area is 134 Å². The van der Waals surface area contributed by atoms with Crippen molar-refractivity contribution in [3.05, 3.63) is 47.4 Å². The zero-order valence-corrected chi connectivity index (χ0v) is 12.8.